The second kappa shape index (κ2) is 3.56. The van der Waals surface area contributed by atoms with E-state index in [1.165, 1.54) is 0 Å². The van der Waals surface area contributed by atoms with Gasteiger partial charge in [-0.3, -0.25) is 4.79 Å². The number of nitrogens with zero attached hydrogens (tertiary/aromatic N) is 1. The molecule has 0 N–H and O–H groups in total. The van der Waals surface area contributed by atoms with Crippen molar-refractivity contribution in [3.8, 4) is 0 Å². The Balaban J connectivity index is 4.08. The van der Waals surface area contributed by atoms with Crippen molar-refractivity contribution in [1.82, 2.24) is 4.57 Å². The summed E-state index contributed by atoms with van der Waals surface area (Å²) in [6.45, 7) is 7.50. The lowest BCUT2D eigenvalue weighted by atomic mass is 10.0. The molecule has 0 aromatic heterocycles. The van der Waals surface area contributed by atoms with Crippen molar-refractivity contribution < 1.29 is 4.79 Å². The average Bonchev–Trinajstić information content (AvgIpc) is 1.84. The van der Waals surface area contributed by atoms with Crippen LogP contribution >= 0.6 is 0 Å². The standard InChI is InChI=1S/C7H15NOSi/c1-5(2)6(3)7(9)8(4)10/h6H,1H2,2-4,10H3. The molecule has 3 heteroatoms. The molecule has 2 nitrogen and oxygen atoms in total. The molecule has 0 aliphatic carbocycles. The van der Waals surface area contributed by atoms with Gasteiger partial charge in [0.25, 0.3) is 0 Å². The second-order valence-corrected chi connectivity index (χ2v) is 4.14. The van der Waals surface area contributed by atoms with Gasteiger partial charge in [0.2, 0.25) is 5.91 Å². The van der Waals surface area contributed by atoms with Crippen LogP contribution in [0.25, 0.3) is 0 Å². The molecule has 0 saturated heterocycles. The Morgan fingerprint density at radius 2 is 2.10 bits per heavy atom. The zero-order chi connectivity index (χ0) is 8.31. The van der Waals surface area contributed by atoms with E-state index in [9.17, 15) is 4.79 Å². The summed E-state index contributed by atoms with van der Waals surface area (Å²) in [4.78, 5) is 11.2. The molecule has 1 atom stereocenters. The molecule has 10 heavy (non-hydrogen) atoms. The second-order valence-electron chi connectivity index (χ2n) is 2.80. The molecule has 0 rings (SSSR count). The Bertz CT molecular complexity index is 154. The van der Waals surface area contributed by atoms with Crippen LogP contribution in [0, 0.1) is 5.92 Å². The van der Waals surface area contributed by atoms with Gasteiger partial charge in [0.05, 0.1) is 5.92 Å². The number of hydrogen-bond acceptors (Lipinski definition) is 1. The first-order valence-electron chi connectivity index (χ1n) is 3.33. The predicted octanol–water partition coefficient (Wildman–Crippen LogP) is -0.0626. The fraction of sp³-hybridized carbons (Fsp3) is 0.571. The molecule has 58 valence electrons. The SMILES string of the molecule is C=C(C)C(C)C(=O)N(C)[SiH3]. The van der Waals surface area contributed by atoms with E-state index in [0.717, 1.165) is 16.0 Å². The molecule has 0 aliphatic rings. The summed E-state index contributed by atoms with van der Waals surface area (Å²) in [5, 5.41) is 0. The van der Waals surface area contributed by atoms with Crippen LogP contribution in [-0.2, 0) is 4.79 Å². The van der Waals surface area contributed by atoms with Crippen LogP contribution < -0.4 is 0 Å². The maximum absolute atomic E-state index is 11.2. The van der Waals surface area contributed by atoms with Gasteiger partial charge in [-0.25, -0.2) is 0 Å². The van der Waals surface area contributed by atoms with Gasteiger partial charge >= 0.3 is 0 Å². The zero-order valence-corrected chi connectivity index (χ0v) is 9.14. The third kappa shape index (κ3) is 2.35. The Labute approximate surface area is 65.4 Å². The zero-order valence-electron chi connectivity index (χ0n) is 7.14. The van der Waals surface area contributed by atoms with E-state index < -0.39 is 0 Å². The fourth-order valence-corrected chi connectivity index (χ4v) is 0.985. The van der Waals surface area contributed by atoms with Gasteiger partial charge in [0, 0.05) is 0 Å². The lowest BCUT2D eigenvalue weighted by Crippen LogP contribution is -2.29. The van der Waals surface area contributed by atoms with Gasteiger partial charge in [-0.15, -0.1) is 0 Å². The third-order valence-corrected chi connectivity index (χ3v) is 1.99. The lowest BCUT2D eigenvalue weighted by Gasteiger charge is -2.16. The molecule has 0 aromatic carbocycles. The van der Waals surface area contributed by atoms with Crippen LogP contribution in [0.15, 0.2) is 12.2 Å². The van der Waals surface area contributed by atoms with Gasteiger partial charge in [-0.1, -0.05) is 12.2 Å². The van der Waals surface area contributed by atoms with E-state index in [0.29, 0.717) is 0 Å². The Morgan fingerprint density at radius 3 is 2.20 bits per heavy atom. The molecule has 0 aliphatic heterocycles. The van der Waals surface area contributed by atoms with Crippen molar-refractivity contribution in [2.24, 2.45) is 5.92 Å². The highest BCUT2D eigenvalue weighted by atomic mass is 28.2. The minimum absolute atomic E-state index is 0.0116. The van der Waals surface area contributed by atoms with Gasteiger partial charge < -0.3 is 4.57 Å². The highest BCUT2D eigenvalue weighted by molar-refractivity contribution is 6.14. The van der Waals surface area contributed by atoms with Crippen LogP contribution in [0.5, 0.6) is 0 Å². The van der Waals surface area contributed by atoms with E-state index in [4.69, 9.17) is 0 Å². The fourth-order valence-electron chi connectivity index (χ4n) is 0.598. The molecular weight excluding hydrogens is 142 g/mol. The third-order valence-electron chi connectivity index (χ3n) is 1.55. The minimum atomic E-state index is -0.0116. The maximum Gasteiger partial charge on any atom is 0.220 e. The van der Waals surface area contributed by atoms with E-state index in [-0.39, 0.29) is 11.8 Å². The van der Waals surface area contributed by atoms with Crippen molar-refractivity contribution >= 4 is 16.3 Å². The summed E-state index contributed by atoms with van der Waals surface area (Å²) in [6.07, 6.45) is 0. The Hall–Kier alpha value is -0.573. The summed E-state index contributed by atoms with van der Waals surface area (Å²) in [5.41, 5.74) is 0.938. The van der Waals surface area contributed by atoms with Crippen LogP contribution in [0.2, 0.25) is 0 Å². The number of amides is 1. The minimum Gasteiger partial charge on any atom is -0.380 e. The van der Waals surface area contributed by atoms with Gasteiger partial charge in [0.1, 0.15) is 10.4 Å². The van der Waals surface area contributed by atoms with Gasteiger partial charge in [-0.2, -0.15) is 0 Å². The molecule has 1 unspecified atom stereocenters. The number of hydrogen-bond donors (Lipinski definition) is 0. The van der Waals surface area contributed by atoms with Crippen molar-refractivity contribution in [1.29, 1.82) is 0 Å². The monoisotopic (exact) mass is 157 g/mol. The quantitative estimate of drug-likeness (QED) is 0.406. The highest BCUT2D eigenvalue weighted by Crippen LogP contribution is 2.08. The lowest BCUT2D eigenvalue weighted by molar-refractivity contribution is -0.128. The molecule has 0 bridgehead atoms. The number of carbonyl (C=O) groups is 1. The molecule has 0 radical (unpaired) electrons. The van der Waals surface area contributed by atoms with Crippen molar-refractivity contribution in [2.45, 2.75) is 13.8 Å². The molecule has 1 amide bonds. The van der Waals surface area contributed by atoms with Crippen LogP contribution in [0.4, 0.5) is 0 Å². The first kappa shape index (κ1) is 9.43. The smallest absolute Gasteiger partial charge is 0.220 e. The van der Waals surface area contributed by atoms with E-state index >= 15 is 0 Å². The van der Waals surface area contributed by atoms with Crippen molar-refractivity contribution in [3.05, 3.63) is 12.2 Å². The number of carbonyl (C=O) groups excluding carboxylic acids is 1. The topological polar surface area (TPSA) is 20.3 Å². The Kier molecular flexibility index (Phi) is 3.36. The largest absolute Gasteiger partial charge is 0.380 e. The molecule has 0 aromatic rings. The van der Waals surface area contributed by atoms with Gasteiger partial charge in [0.15, 0.2) is 0 Å². The first-order valence-corrected chi connectivity index (χ1v) is 4.22. The summed E-state index contributed by atoms with van der Waals surface area (Å²) < 4.78 is 1.72. The van der Waals surface area contributed by atoms with Crippen LogP contribution in [-0.4, -0.2) is 27.9 Å². The average molecular weight is 157 g/mol. The highest BCUT2D eigenvalue weighted by Gasteiger charge is 2.13. The van der Waals surface area contributed by atoms with E-state index in [2.05, 4.69) is 6.58 Å². The van der Waals surface area contributed by atoms with Crippen molar-refractivity contribution in [3.63, 3.8) is 0 Å². The number of rotatable bonds is 2. The predicted molar refractivity (Wildman–Crippen MR) is 46.7 cm³/mol. The Morgan fingerprint density at radius 1 is 1.70 bits per heavy atom. The maximum atomic E-state index is 11.2. The first-order chi connectivity index (χ1) is 4.46. The van der Waals surface area contributed by atoms with Crippen molar-refractivity contribution in [2.75, 3.05) is 7.05 Å². The summed E-state index contributed by atoms with van der Waals surface area (Å²) in [6, 6.07) is 0. The summed E-state index contributed by atoms with van der Waals surface area (Å²) in [5.74, 6) is 0.168. The molecule has 0 saturated carbocycles. The van der Waals surface area contributed by atoms with E-state index in [1.54, 1.807) is 4.57 Å². The molecule has 0 spiro atoms. The summed E-state index contributed by atoms with van der Waals surface area (Å²) in [7, 11) is 2.60. The van der Waals surface area contributed by atoms with E-state index in [1.807, 2.05) is 20.9 Å². The normalized spacial score (nSPS) is 12.7. The van der Waals surface area contributed by atoms with Crippen LogP contribution in [0.1, 0.15) is 13.8 Å². The van der Waals surface area contributed by atoms with Gasteiger partial charge in [-0.05, 0) is 20.9 Å². The van der Waals surface area contributed by atoms with Crippen LogP contribution in [0.3, 0.4) is 0 Å². The molecular formula is C7H15NOSi. The molecule has 0 heterocycles. The summed E-state index contributed by atoms with van der Waals surface area (Å²) >= 11 is 0. The molecule has 0 fully saturated rings.